The van der Waals surface area contributed by atoms with Crippen molar-refractivity contribution in [3.05, 3.63) is 83.2 Å². The summed E-state index contributed by atoms with van der Waals surface area (Å²) in [6.45, 7) is 0.0354. The summed E-state index contributed by atoms with van der Waals surface area (Å²) < 4.78 is 16.1. The number of carbonyl (C=O) groups excluding carboxylic acids is 1. The maximum absolute atomic E-state index is 14.2. The number of aliphatic imine (C=N–C) groups is 1. The molecule has 0 radical (unpaired) electrons. The molecule has 0 aliphatic carbocycles. The van der Waals surface area contributed by atoms with Crippen LogP contribution in [-0.4, -0.2) is 27.6 Å². The molecule has 0 bridgehead atoms. The lowest BCUT2D eigenvalue weighted by atomic mass is 9.78. The molecule has 0 saturated heterocycles. The number of rotatable bonds is 2. The molecular weight excluding hydrogens is 343 g/mol. The molecule has 3 aromatic rings. The number of imidazole rings is 1. The molecule has 5 rings (SSSR count). The molecule has 0 amide bonds. The number of anilines is 1. The summed E-state index contributed by atoms with van der Waals surface area (Å²) >= 11 is 0. The van der Waals surface area contributed by atoms with E-state index >= 15 is 0 Å². The van der Waals surface area contributed by atoms with Gasteiger partial charge < -0.3 is 9.88 Å². The number of hydrogen-bond acceptors (Lipinski definition) is 4. The van der Waals surface area contributed by atoms with Gasteiger partial charge >= 0.3 is 0 Å². The molecule has 0 spiro atoms. The number of nitrogens with one attached hydrogen (secondary N) is 1. The summed E-state index contributed by atoms with van der Waals surface area (Å²) in [5.74, 6) is 0.0868. The van der Waals surface area contributed by atoms with Crippen LogP contribution < -0.4 is 5.32 Å². The van der Waals surface area contributed by atoms with Crippen molar-refractivity contribution in [1.82, 2.24) is 9.55 Å². The SMILES string of the molecule is Cn1ccnc1C1C2=NCC(=O)c3cc(F)cc(c32)NC1c1ccccc1. The molecule has 2 atom stereocenters. The van der Waals surface area contributed by atoms with Crippen molar-refractivity contribution in [3.8, 4) is 0 Å². The summed E-state index contributed by atoms with van der Waals surface area (Å²) in [4.78, 5) is 21.5. The summed E-state index contributed by atoms with van der Waals surface area (Å²) in [7, 11) is 1.94. The number of halogens is 1. The fraction of sp³-hybridized carbons (Fsp3) is 0.190. The van der Waals surface area contributed by atoms with Gasteiger partial charge in [-0.2, -0.15) is 0 Å². The monoisotopic (exact) mass is 360 g/mol. The molecule has 2 aromatic carbocycles. The van der Waals surface area contributed by atoms with E-state index < -0.39 is 5.82 Å². The number of carbonyl (C=O) groups is 1. The zero-order valence-corrected chi connectivity index (χ0v) is 14.7. The van der Waals surface area contributed by atoms with Crippen LogP contribution in [0.2, 0.25) is 0 Å². The molecule has 2 aliphatic heterocycles. The number of hydrogen-bond donors (Lipinski definition) is 1. The molecule has 2 aliphatic rings. The third-order valence-electron chi connectivity index (χ3n) is 5.29. The predicted octanol–water partition coefficient (Wildman–Crippen LogP) is 3.50. The third-order valence-corrected chi connectivity index (χ3v) is 5.29. The van der Waals surface area contributed by atoms with Gasteiger partial charge in [-0.3, -0.25) is 9.79 Å². The van der Waals surface area contributed by atoms with Gasteiger partial charge in [0.2, 0.25) is 0 Å². The Hall–Kier alpha value is -3.28. The molecule has 0 saturated carbocycles. The number of aromatic nitrogens is 2. The van der Waals surface area contributed by atoms with E-state index in [0.29, 0.717) is 16.8 Å². The van der Waals surface area contributed by atoms with E-state index in [2.05, 4.69) is 15.3 Å². The Morgan fingerprint density at radius 2 is 2.04 bits per heavy atom. The average Bonchev–Trinajstić information content (AvgIpc) is 3.10. The van der Waals surface area contributed by atoms with Crippen LogP contribution >= 0.6 is 0 Å². The zero-order chi connectivity index (χ0) is 18.5. The van der Waals surface area contributed by atoms with Crippen molar-refractivity contribution in [3.63, 3.8) is 0 Å². The highest BCUT2D eigenvalue weighted by molar-refractivity contribution is 6.21. The summed E-state index contributed by atoms with van der Waals surface area (Å²) in [5.41, 5.74) is 3.56. The topological polar surface area (TPSA) is 59.3 Å². The van der Waals surface area contributed by atoms with E-state index in [1.165, 1.54) is 12.1 Å². The molecule has 0 fully saturated rings. The minimum absolute atomic E-state index is 0.0354. The standard InChI is InChI=1S/C21H17FN4O/c1-26-8-7-23-21(26)18-19(12-5-3-2-4-6-12)25-15-10-13(22)9-14-16(27)11-24-20(18)17(14)15/h2-10,18-19,25H,11H2,1H3. The lowest BCUT2D eigenvalue weighted by molar-refractivity contribution is 0.0999. The van der Waals surface area contributed by atoms with Crippen LogP contribution in [0, 0.1) is 5.82 Å². The molecule has 6 heteroatoms. The molecule has 134 valence electrons. The summed E-state index contributed by atoms with van der Waals surface area (Å²) in [6, 6.07) is 12.6. The first-order valence-corrected chi connectivity index (χ1v) is 8.83. The maximum atomic E-state index is 14.2. The van der Waals surface area contributed by atoms with Gasteiger partial charge in [0.05, 0.1) is 17.7 Å². The van der Waals surface area contributed by atoms with Crippen molar-refractivity contribution < 1.29 is 9.18 Å². The smallest absolute Gasteiger partial charge is 0.185 e. The number of nitrogens with zero attached hydrogens (tertiary/aromatic N) is 3. The second-order valence-electron chi connectivity index (χ2n) is 6.91. The van der Waals surface area contributed by atoms with Gasteiger partial charge in [0.1, 0.15) is 18.2 Å². The molecule has 3 heterocycles. The van der Waals surface area contributed by atoms with E-state index in [1.54, 1.807) is 6.20 Å². The number of ketones is 1. The Morgan fingerprint density at radius 1 is 1.22 bits per heavy atom. The molecule has 5 nitrogen and oxygen atoms in total. The maximum Gasteiger partial charge on any atom is 0.185 e. The van der Waals surface area contributed by atoms with Crippen molar-refractivity contribution in [1.29, 1.82) is 0 Å². The van der Waals surface area contributed by atoms with Crippen LogP contribution in [0.1, 0.15) is 39.3 Å². The summed E-state index contributed by atoms with van der Waals surface area (Å²) in [5, 5.41) is 3.45. The molecule has 27 heavy (non-hydrogen) atoms. The lowest BCUT2D eigenvalue weighted by Crippen LogP contribution is -2.37. The largest absolute Gasteiger partial charge is 0.376 e. The molecule has 1 N–H and O–H groups in total. The number of aryl methyl sites for hydroxylation is 1. The van der Waals surface area contributed by atoms with Gasteiger partial charge in [0.15, 0.2) is 5.78 Å². The Labute approximate surface area is 155 Å². The Bertz CT molecular complexity index is 1090. The van der Waals surface area contributed by atoms with Crippen molar-refractivity contribution in [2.45, 2.75) is 12.0 Å². The van der Waals surface area contributed by atoms with E-state index in [9.17, 15) is 9.18 Å². The minimum atomic E-state index is -0.423. The fourth-order valence-electron chi connectivity index (χ4n) is 4.08. The first kappa shape index (κ1) is 15.9. The molecule has 1 aromatic heterocycles. The highest BCUT2D eigenvalue weighted by atomic mass is 19.1. The van der Waals surface area contributed by atoms with E-state index in [4.69, 9.17) is 0 Å². The average molecular weight is 360 g/mol. The van der Waals surface area contributed by atoms with Gasteiger partial charge in [-0.15, -0.1) is 0 Å². The second-order valence-corrected chi connectivity index (χ2v) is 6.91. The highest BCUT2D eigenvalue weighted by Crippen LogP contribution is 2.44. The van der Waals surface area contributed by atoms with Crippen molar-refractivity contribution in [2.24, 2.45) is 12.0 Å². The first-order valence-electron chi connectivity index (χ1n) is 8.83. The molecular formula is C21H17FN4O. The number of Topliss-reactive ketones (excluding diaryl/α,β-unsaturated/α-hetero) is 1. The zero-order valence-electron chi connectivity index (χ0n) is 14.7. The van der Waals surface area contributed by atoms with E-state index in [0.717, 1.165) is 17.1 Å². The van der Waals surface area contributed by atoms with Crippen molar-refractivity contribution in [2.75, 3.05) is 11.9 Å². The summed E-state index contributed by atoms with van der Waals surface area (Å²) in [6.07, 6.45) is 3.65. The van der Waals surface area contributed by atoms with Gasteiger partial charge in [-0.1, -0.05) is 30.3 Å². The number of benzene rings is 2. The van der Waals surface area contributed by atoms with E-state index in [-0.39, 0.29) is 24.3 Å². The minimum Gasteiger partial charge on any atom is -0.376 e. The normalized spacial score (nSPS) is 20.7. The predicted molar refractivity (Wildman–Crippen MR) is 101 cm³/mol. The quantitative estimate of drug-likeness (QED) is 0.761. The lowest BCUT2D eigenvalue weighted by Gasteiger charge is -2.38. The van der Waals surface area contributed by atoms with Gasteiger partial charge in [-0.05, 0) is 17.7 Å². The van der Waals surface area contributed by atoms with Crippen LogP contribution in [0.3, 0.4) is 0 Å². The third kappa shape index (κ3) is 2.40. The van der Waals surface area contributed by atoms with Crippen LogP contribution in [0.15, 0.2) is 59.9 Å². The van der Waals surface area contributed by atoms with Gasteiger partial charge in [-0.25, -0.2) is 9.37 Å². The highest BCUT2D eigenvalue weighted by Gasteiger charge is 2.41. The van der Waals surface area contributed by atoms with Crippen LogP contribution in [0.4, 0.5) is 10.1 Å². The Morgan fingerprint density at radius 3 is 2.78 bits per heavy atom. The Kier molecular flexibility index (Phi) is 3.47. The van der Waals surface area contributed by atoms with Crippen LogP contribution in [0.25, 0.3) is 0 Å². The molecule has 2 unspecified atom stereocenters. The van der Waals surface area contributed by atoms with Gasteiger partial charge in [0, 0.05) is 36.3 Å². The van der Waals surface area contributed by atoms with Crippen LogP contribution in [0.5, 0.6) is 0 Å². The second kappa shape index (κ2) is 5.87. The fourth-order valence-corrected chi connectivity index (χ4v) is 4.08. The van der Waals surface area contributed by atoms with E-state index in [1.807, 2.05) is 48.1 Å². The van der Waals surface area contributed by atoms with Crippen molar-refractivity contribution >= 4 is 17.2 Å². The first-order chi connectivity index (χ1) is 13.1. The van der Waals surface area contributed by atoms with Crippen LogP contribution in [-0.2, 0) is 7.05 Å². The Balaban J connectivity index is 1.78. The van der Waals surface area contributed by atoms with Gasteiger partial charge in [0.25, 0.3) is 0 Å².